The lowest BCUT2D eigenvalue weighted by atomic mass is 10.1. The summed E-state index contributed by atoms with van der Waals surface area (Å²) in [6.07, 6.45) is 0.908. The number of carbonyl (C=O) groups excluding carboxylic acids is 2. The minimum atomic E-state index is -0.0439. The van der Waals surface area contributed by atoms with Crippen molar-refractivity contribution in [2.24, 2.45) is 0 Å². The van der Waals surface area contributed by atoms with E-state index in [0.717, 1.165) is 12.1 Å². The van der Waals surface area contributed by atoms with Crippen molar-refractivity contribution in [3.63, 3.8) is 0 Å². The van der Waals surface area contributed by atoms with Crippen LogP contribution in [-0.4, -0.2) is 24.3 Å². The summed E-state index contributed by atoms with van der Waals surface area (Å²) in [4.78, 5) is 22.8. The van der Waals surface area contributed by atoms with Crippen LogP contribution < -0.4 is 10.6 Å². The summed E-state index contributed by atoms with van der Waals surface area (Å²) in [5.74, 6) is -0.0275. The second-order valence-electron chi connectivity index (χ2n) is 4.37. The number of rotatable bonds is 6. The maximum Gasteiger partial charge on any atom is 0.239 e. The first-order valence-corrected chi connectivity index (χ1v) is 6.17. The molecule has 0 radical (unpaired) electrons. The van der Waals surface area contributed by atoms with E-state index in [9.17, 15) is 9.59 Å². The molecule has 0 aromatic heterocycles. The van der Waals surface area contributed by atoms with Gasteiger partial charge >= 0.3 is 0 Å². The van der Waals surface area contributed by atoms with E-state index in [4.69, 9.17) is 0 Å². The summed E-state index contributed by atoms with van der Waals surface area (Å²) in [5, 5.41) is 5.87. The van der Waals surface area contributed by atoms with Crippen LogP contribution in [0.1, 0.15) is 37.6 Å². The lowest BCUT2D eigenvalue weighted by Gasteiger charge is -2.12. The zero-order valence-electron chi connectivity index (χ0n) is 11.1. The third-order valence-corrected chi connectivity index (χ3v) is 2.74. The SMILES string of the molecule is CC[C@@H](C)NC(=O)CNc1cccc(C(C)=O)c1. The quantitative estimate of drug-likeness (QED) is 0.759. The highest BCUT2D eigenvalue weighted by Gasteiger charge is 2.05. The predicted molar refractivity (Wildman–Crippen MR) is 72.8 cm³/mol. The molecule has 0 heterocycles. The second-order valence-corrected chi connectivity index (χ2v) is 4.37. The largest absolute Gasteiger partial charge is 0.376 e. The molecule has 4 nitrogen and oxygen atoms in total. The Balaban J connectivity index is 2.50. The van der Waals surface area contributed by atoms with Crippen LogP contribution in [-0.2, 0) is 4.79 Å². The molecule has 0 unspecified atom stereocenters. The summed E-state index contributed by atoms with van der Waals surface area (Å²) in [6.45, 7) is 5.73. The van der Waals surface area contributed by atoms with E-state index in [1.54, 1.807) is 18.2 Å². The Morgan fingerprint density at radius 3 is 2.67 bits per heavy atom. The summed E-state index contributed by atoms with van der Waals surface area (Å²) in [6, 6.07) is 7.32. The molecule has 0 saturated carbocycles. The maximum atomic E-state index is 11.6. The van der Waals surface area contributed by atoms with Crippen molar-refractivity contribution in [2.45, 2.75) is 33.2 Å². The molecule has 0 fully saturated rings. The zero-order chi connectivity index (χ0) is 13.5. The fourth-order valence-electron chi connectivity index (χ4n) is 1.46. The van der Waals surface area contributed by atoms with Crippen molar-refractivity contribution in [3.8, 4) is 0 Å². The Labute approximate surface area is 108 Å². The number of benzene rings is 1. The highest BCUT2D eigenvalue weighted by molar-refractivity contribution is 5.95. The van der Waals surface area contributed by atoms with Gasteiger partial charge in [0.15, 0.2) is 5.78 Å². The number of carbonyl (C=O) groups is 2. The molecule has 1 atom stereocenters. The van der Waals surface area contributed by atoms with Crippen molar-refractivity contribution in [2.75, 3.05) is 11.9 Å². The van der Waals surface area contributed by atoms with Gasteiger partial charge in [-0.25, -0.2) is 0 Å². The summed E-state index contributed by atoms with van der Waals surface area (Å²) < 4.78 is 0. The monoisotopic (exact) mass is 248 g/mol. The van der Waals surface area contributed by atoms with Crippen molar-refractivity contribution in [1.82, 2.24) is 5.32 Å². The van der Waals surface area contributed by atoms with E-state index < -0.39 is 0 Å². The summed E-state index contributed by atoms with van der Waals surface area (Å²) >= 11 is 0. The third-order valence-electron chi connectivity index (χ3n) is 2.74. The third kappa shape index (κ3) is 4.57. The van der Waals surface area contributed by atoms with E-state index >= 15 is 0 Å². The lowest BCUT2D eigenvalue weighted by Crippen LogP contribution is -2.36. The van der Waals surface area contributed by atoms with Crippen molar-refractivity contribution >= 4 is 17.4 Å². The van der Waals surface area contributed by atoms with Crippen LogP contribution in [0.5, 0.6) is 0 Å². The van der Waals surface area contributed by atoms with E-state index in [2.05, 4.69) is 10.6 Å². The van der Waals surface area contributed by atoms with Gasteiger partial charge in [-0.2, -0.15) is 0 Å². The van der Waals surface area contributed by atoms with Gasteiger partial charge < -0.3 is 10.6 Å². The van der Waals surface area contributed by atoms with Gasteiger partial charge in [-0.1, -0.05) is 19.1 Å². The Morgan fingerprint density at radius 1 is 1.33 bits per heavy atom. The fraction of sp³-hybridized carbons (Fsp3) is 0.429. The normalized spacial score (nSPS) is 11.7. The van der Waals surface area contributed by atoms with Gasteiger partial charge in [0.05, 0.1) is 6.54 Å². The molecule has 1 amide bonds. The Kier molecular flexibility index (Phi) is 5.36. The van der Waals surface area contributed by atoms with Crippen LogP contribution in [0.3, 0.4) is 0 Å². The van der Waals surface area contributed by atoms with Gasteiger partial charge in [0.25, 0.3) is 0 Å². The van der Waals surface area contributed by atoms with Crippen LogP contribution in [0.4, 0.5) is 5.69 Å². The molecule has 2 N–H and O–H groups in total. The van der Waals surface area contributed by atoms with Crippen LogP contribution >= 0.6 is 0 Å². The van der Waals surface area contributed by atoms with E-state index in [1.165, 1.54) is 6.92 Å². The Morgan fingerprint density at radius 2 is 2.06 bits per heavy atom. The maximum absolute atomic E-state index is 11.6. The van der Waals surface area contributed by atoms with Crippen LogP contribution in [0.15, 0.2) is 24.3 Å². The molecule has 0 aliphatic rings. The second kappa shape index (κ2) is 6.79. The van der Waals surface area contributed by atoms with Crippen molar-refractivity contribution in [3.05, 3.63) is 29.8 Å². The predicted octanol–water partition coefficient (Wildman–Crippen LogP) is 2.22. The van der Waals surface area contributed by atoms with Gasteiger partial charge in [-0.15, -0.1) is 0 Å². The first kappa shape index (κ1) is 14.2. The Bertz CT molecular complexity index is 430. The molecule has 0 aliphatic carbocycles. The van der Waals surface area contributed by atoms with Gasteiger partial charge in [0, 0.05) is 17.3 Å². The molecule has 18 heavy (non-hydrogen) atoms. The smallest absolute Gasteiger partial charge is 0.239 e. The molecule has 0 bridgehead atoms. The van der Waals surface area contributed by atoms with Crippen LogP contribution in [0, 0.1) is 0 Å². The molecule has 0 aliphatic heterocycles. The van der Waals surface area contributed by atoms with Gasteiger partial charge in [-0.05, 0) is 32.4 Å². The number of hydrogen-bond acceptors (Lipinski definition) is 3. The summed E-state index contributed by atoms with van der Waals surface area (Å²) in [7, 11) is 0. The van der Waals surface area contributed by atoms with Crippen LogP contribution in [0.2, 0.25) is 0 Å². The number of hydrogen-bond donors (Lipinski definition) is 2. The first-order valence-electron chi connectivity index (χ1n) is 6.17. The minimum absolute atomic E-state index is 0.0164. The number of amides is 1. The molecule has 4 heteroatoms. The summed E-state index contributed by atoms with van der Waals surface area (Å²) in [5.41, 5.74) is 1.42. The lowest BCUT2D eigenvalue weighted by molar-refractivity contribution is -0.120. The molecular weight excluding hydrogens is 228 g/mol. The number of ketones is 1. The van der Waals surface area contributed by atoms with E-state index in [-0.39, 0.29) is 24.3 Å². The minimum Gasteiger partial charge on any atom is -0.376 e. The zero-order valence-corrected chi connectivity index (χ0v) is 11.1. The Hall–Kier alpha value is -1.84. The molecule has 0 saturated heterocycles. The molecule has 1 aromatic carbocycles. The molecule has 0 spiro atoms. The van der Waals surface area contributed by atoms with Gasteiger partial charge in [0.1, 0.15) is 0 Å². The fourth-order valence-corrected chi connectivity index (χ4v) is 1.46. The standard InChI is InChI=1S/C14H20N2O2/c1-4-10(2)16-14(18)9-15-13-7-5-6-12(8-13)11(3)17/h5-8,10,15H,4,9H2,1-3H3,(H,16,18)/t10-/m1/s1. The van der Waals surface area contributed by atoms with Crippen molar-refractivity contribution < 1.29 is 9.59 Å². The van der Waals surface area contributed by atoms with Gasteiger partial charge in [-0.3, -0.25) is 9.59 Å². The van der Waals surface area contributed by atoms with E-state index in [1.807, 2.05) is 19.9 Å². The highest BCUT2D eigenvalue weighted by atomic mass is 16.2. The van der Waals surface area contributed by atoms with Gasteiger partial charge in [0.2, 0.25) is 5.91 Å². The number of Topliss-reactive ketones (excluding diaryl/α,β-unsaturated/α-hetero) is 1. The number of anilines is 1. The van der Waals surface area contributed by atoms with E-state index in [0.29, 0.717) is 5.56 Å². The topological polar surface area (TPSA) is 58.2 Å². The molecular formula is C14H20N2O2. The number of nitrogens with one attached hydrogen (secondary N) is 2. The molecule has 1 rings (SSSR count). The first-order chi connectivity index (χ1) is 8.52. The highest BCUT2D eigenvalue weighted by Crippen LogP contribution is 2.10. The average molecular weight is 248 g/mol. The molecule has 1 aromatic rings. The molecule has 98 valence electrons. The average Bonchev–Trinajstić information content (AvgIpc) is 2.36. The van der Waals surface area contributed by atoms with Crippen LogP contribution in [0.25, 0.3) is 0 Å². The van der Waals surface area contributed by atoms with Crippen molar-refractivity contribution in [1.29, 1.82) is 0 Å².